The van der Waals surface area contributed by atoms with Crippen LogP contribution in [-0.2, 0) is 21.2 Å². The molecule has 51 heavy (non-hydrogen) atoms. The molecule has 0 unspecified atom stereocenters. The summed E-state index contributed by atoms with van der Waals surface area (Å²) in [5.74, 6) is 0.203. The summed E-state index contributed by atoms with van der Waals surface area (Å²) in [7, 11) is -3.74. The number of carbonyl (C=O) groups excluding carboxylic acids is 1. The molecule has 2 saturated carbocycles. The Morgan fingerprint density at radius 2 is 1.63 bits per heavy atom. The molecule has 0 N–H and O–H groups in total. The fourth-order valence-electron chi connectivity index (χ4n) is 5.92. The molecule has 3 aliphatic rings. The Balaban J connectivity index is 1.34. The molecule has 10 nitrogen and oxygen atoms in total. The minimum absolute atomic E-state index is 0.000923. The molecule has 2 aromatic carbocycles. The highest BCUT2D eigenvalue weighted by molar-refractivity contribution is 7.92. The van der Waals surface area contributed by atoms with Crippen LogP contribution >= 0.6 is 23.2 Å². The van der Waals surface area contributed by atoms with E-state index in [-0.39, 0.29) is 45.8 Å². The number of carbonyl (C=O) groups is 1. The van der Waals surface area contributed by atoms with Gasteiger partial charge in [-0.25, -0.2) is 13.2 Å². The topological polar surface area (TPSA) is 108 Å². The van der Waals surface area contributed by atoms with Gasteiger partial charge in [-0.05, 0) is 98.8 Å². The number of aromatic nitrogens is 1. The Bertz CT molecular complexity index is 1780. The Hall–Kier alpha value is -3.39. The zero-order chi connectivity index (χ0) is 36.1. The maximum Gasteiger partial charge on any atom is 0.387 e. The molecule has 2 aliphatic carbocycles. The quantitative estimate of drug-likeness (QED) is 0.121. The lowest BCUT2D eigenvalue weighted by Gasteiger charge is -2.26. The third-order valence-corrected chi connectivity index (χ3v) is 11.0. The SMILES string of the molecule is CS(=O)(=O)N(CCN1CCCC1)c1cc(OCC2CC2)cc(C(=O)O[C@@H](Cc2c(Cl)cncc2Cl)c2ccc(OC(F)F)c(OCC3CC3)c2)c1. The average molecular weight is 769 g/mol. The first-order valence-electron chi connectivity index (χ1n) is 17.1. The van der Waals surface area contributed by atoms with Gasteiger partial charge in [-0.1, -0.05) is 29.3 Å². The van der Waals surface area contributed by atoms with E-state index in [0.29, 0.717) is 48.5 Å². The number of benzene rings is 2. The lowest BCUT2D eigenvalue weighted by Crippen LogP contribution is -2.37. The normalized spacial score (nSPS) is 17.0. The number of alkyl halides is 2. The molecule has 0 amide bonds. The van der Waals surface area contributed by atoms with Crippen molar-refractivity contribution in [2.45, 2.75) is 57.7 Å². The maximum atomic E-state index is 14.1. The Kier molecular flexibility index (Phi) is 12.1. The first-order chi connectivity index (χ1) is 24.4. The van der Waals surface area contributed by atoms with Crippen LogP contribution in [0.3, 0.4) is 0 Å². The second-order valence-electron chi connectivity index (χ2n) is 13.4. The van der Waals surface area contributed by atoms with Gasteiger partial charge in [0.05, 0.1) is 40.8 Å². The zero-order valence-electron chi connectivity index (χ0n) is 28.2. The molecule has 1 aromatic heterocycles. The number of esters is 1. The summed E-state index contributed by atoms with van der Waals surface area (Å²) in [4.78, 5) is 20.3. The lowest BCUT2D eigenvalue weighted by atomic mass is 10.0. The van der Waals surface area contributed by atoms with E-state index in [1.54, 1.807) is 6.07 Å². The molecule has 15 heteroatoms. The van der Waals surface area contributed by atoms with Crippen LogP contribution in [0.1, 0.15) is 66.1 Å². The summed E-state index contributed by atoms with van der Waals surface area (Å²) in [5.41, 5.74) is 1.20. The van der Waals surface area contributed by atoms with Crippen LogP contribution in [0.5, 0.6) is 17.2 Å². The van der Waals surface area contributed by atoms with Gasteiger partial charge in [0.1, 0.15) is 11.9 Å². The summed E-state index contributed by atoms with van der Waals surface area (Å²) >= 11 is 13.0. The number of nitrogens with zero attached hydrogens (tertiary/aromatic N) is 3. The molecule has 3 fully saturated rings. The first kappa shape index (κ1) is 37.4. The number of hydrogen-bond donors (Lipinski definition) is 0. The predicted octanol–water partition coefficient (Wildman–Crippen LogP) is 7.57. The second-order valence-corrected chi connectivity index (χ2v) is 16.1. The minimum Gasteiger partial charge on any atom is -0.493 e. The van der Waals surface area contributed by atoms with Crippen LogP contribution in [0.25, 0.3) is 0 Å². The highest BCUT2D eigenvalue weighted by Crippen LogP contribution is 2.39. The van der Waals surface area contributed by atoms with Crippen LogP contribution in [0.15, 0.2) is 48.8 Å². The monoisotopic (exact) mass is 767 g/mol. The van der Waals surface area contributed by atoms with Gasteiger partial charge in [0, 0.05) is 38.0 Å². The summed E-state index contributed by atoms with van der Waals surface area (Å²) in [6, 6.07) is 8.99. The first-order valence-corrected chi connectivity index (χ1v) is 19.7. The third kappa shape index (κ3) is 10.6. The summed E-state index contributed by atoms with van der Waals surface area (Å²) in [5, 5.41) is 0.483. The van der Waals surface area contributed by atoms with Crippen LogP contribution in [0, 0.1) is 11.8 Å². The summed E-state index contributed by atoms with van der Waals surface area (Å²) < 4.78 is 76.9. The molecule has 3 aromatic rings. The number of ether oxygens (including phenoxy) is 4. The van der Waals surface area contributed by atoms with E-state index in [9.17, 15) is 22.0 Å². The van der Waals surface area contributed by atoms with Crippen molar-refractivity contribution in [2.75, 3.05) is 50.0 Å². The molecular weight excluding hydrogens is 727 g/mol. The summed E-state index contributed by atoms with van der Waals surface area (Å²) in [6.45, 7) is 0.199. The van der Waals surface area contributed by atoms with Gasteiger partial charge in [0.25, 0.3) is 0 Å². The zero-order valence-corrected chi connectivity index (χ0v) is 30.6. The number of rotatable bonds is 18. The summed E-state index contributed by atoms with van der Waals surface area (Å²) in [6.07, 6.45) is 9.08. The van der Waals surface area contributed by atoms with E-state index in [0.717, 1.165) is 57.9 Å². The van der Waals surface area contributed by atoms with Gasteiger partial charge >= 0.3 is 12.6 Å². The predicted molar refractivity (Wildman–Crippen MR) is 190 cm³/mol. The number of halogens is 4. The van der Waals surface area contributed by atoms with E-state index >= 15 is 0 Å². The van der Waals surface area contributed by atoms with Gasteiger partial charge in [-0.15, -0.1) is 0 Å². The average Bonchev–Trinajstić information content (AvgIpc) is 4.02. The van der Waals surface area contributed by atoms with Crippen molar-refractivity contribution in [1.29, 1.82) is 0 Å². The van der Waals surface area contributed by atoms with Crippen molar-refractivity contribution in [3.05, 3.63) is 75.5 Å². The van der Waals surface area contributed by atoms with Crippen molar-refractivity contribution >= 4 is 44.9 Å². The molecule has 1 atom stereocenters. The molecular formula is C36H41Cl2F2N3O7S. The van der Waals surface area contributed by atoms with E-state index in [1.807, 2.05) is 0 Å². The number of sulfonamides is 1. The van der Waals surface area contributed by atoms with Crippen LogP contribution in [0.2, 0.25) is 10.0 Å². The van der Waals surface area contributed by atoms with Gasteiger partial charge in [-0.2, -0.15) is 8.78 Å². The van der Waals surface area contributed by atoms with Gasteiger partial charge in [-0.3, -0.25) is 9.29 Å². The molecule has 0 spiro atoms. The Labute approximate surface area is 307 Å². The fourth-order valence-corrected chi connectivity index (χ4v) is 7.34. The van der Waals surface area contributed by atoms with Crippen molar-refractivity contribution in [2.24, 2.45) is 11.8 Å². The van der Waals surface area contributed by atoms with E-state index < -0.39 is 28.7 Å². The highest BCUT2D eigenvalue weighted by Gasteiger charge is 2.29. The van der Waals surface area contributed by atoms with E-state index in [4.69, 9.17) is 42.1 Å². The van der Waals surface area contributed by atoms with Crippen molar-refractivity contribution in [3.63, 3.8) is 0 Å². The molecule has 6 rings (SSSR count). The van der Waals surface area contributed by atoms with E-state index in [2.05, 4.69) is 9.88 Å². The standard InChI is InChI=1S/C36H41Cl2F2N3O7S/c1-51(45,46)43(13-12-42-10-2-3-11-42)27-14-26(15-28(17-27)47-21-23-4-5-23)35(44)49-33(18-29-30(37)19-41-20-31(29)38)25-8-9-32(50-36(39)40)34(16-25)48-22-24-6-7-24/h8-9,14-17,19-20,23-24,33,36H,2-7,10-13,18,21-22H2,1H3/t33-/m0/s1. The number of hydrogen-bond acceptors (Lipinski definition) is 9. The number of pyridine rings is 1. The second kappa shape index (κ2) is 16.5. The third-order valence-electron chi connectivity index (χ3n) is 9.13. The van der Waals surface area contributed by atoms with Crippen molar-refractivity contribution in [1.82, 2.24) is 9.88 Å². The van der Waals surface area contributed by atoms with Crippen LogP contribution in [0.4, 0.5) is 14.5 Å². The molecule has 2 heterocycles. The van der Waals surface area contributed by atoms with Crippen LogP contribution in [-0.4, -0.2) is 76.5 Å². The smallest absolute Gasteiger partial charge is 0.387 e. The van der Waals surface area contributed by atoms with E-state index in [1.165, 1.54) is 47.0 Å². The molecule has 1 aliphatic heterocycles. The molecule has 0 radical (unpaired) electrons. The number of anilines is 1. The van der Waals surface area contributed by atoms with Crippen LogP contribution < -0.4 is 18.5 Å². The largest absolute Gasteiger partial charge is 0.493 e. The van der Waals surface area contributed by atoms with Gasteiger partial charge < -0.3 is 23.8 Å². The lowest BCUT2D eigenvalue weighted by molar-refractivity contribution is -0.0515. The van der Waals surface area contributed by atoms with Gasteiger partial charge in [0.15, 0.2) is 11.5 Å². The number of likely N-dealkylation sites (tertiary alicyclic amines) is 1. The molecule has 1 saturated heterocycles. The van der Waals surface area contributed by atoms with Crippen molar-refractivity contribution in [3.8, 4) is 17.2 Å². The highest BCUT2D eigenvalue weighted by atomic mass is 35.5. The molecule has 0 bridgehead atoms. The Morgan fingerprint density at radius 1 is 0.961 bits per heavy atom. The minimum atomic E-state index is -3.74. The Morgan fingerprint density at radius 3 is 2.25 bits per heavy atom. The molecule has 276 valence electrons. The van der Waals surface area contributed by atoms with Crippen molar-refractivity contribution < 1.29 is 40.9 Å². The van der Waals surface area contributed by atoms with Gasteiger partial charge in [0.2, 0.25) is 10.0 Å². The maximum absolute atomic E-state index is 14.1. The fraction of sp³-hybridized carbons (Fsp3) is 0.500.